The molecule has 0 radical (unpaired) electrons. The smallest absolute Gasteiger partial charge is 0.335 e. The van der Waals surface area contributed by atoms with E-state index in [9.17, 15) is 4.79 Å². The van der Waals surface area contributed by atoms with Gasteiger partial charge in [0.05, 0.1) is 5.56 Å². The van der Waals surface area contributed by atoms with E-state index in [0.29, 0.717) is 24.6 Å². The van der Waals surface area contributed by atoms with Crippen molar-refractivity contribution in [2.45, 2.75) is 26.3 Å². The summed E-state index contributed by atoms with van der Waals surface area (Å²) in [6.45, 7) is 6.32. The van der Waals surface area contributed by atoms with Gasteiger partial charge in [-0.3, -0.25) is 0 Å². The van der Waals surface area contributed by atoms with Crippen LogP contribution >= 0.6 is 0 Å². The number of ether oxygens (including phenoxy) is 1. The van der Waals surface area contributed by atoms with Crippen LogP contribution < -0.4 is 10.1 Å². The van der Waals surface area contributed by atoms with Gasteiger partial charge < -0.3 is 15.2 Å². The molecule has 0 saturated carbocycles. The topological polar surface area (TPSA) is 58.6 Å². The molecule has 23 heavy (non-hydrogen) atoms. The van der Waals surface area contributed by atoms with Crippen LogP contribution in [-0.2, 0) is 6.54 Å². The van der Waals surface area contributed by atoms with Gasteiger partial charge in [-0.2, -0.15) is 0 Å². The summed E-state index contributed by atoms with van der Waals surface area (Å²) in [5.41, 5.74) is 2.58. The minimum absolute atomic E-state index is 0.308. The maximum atomic E-state index is 10.8. The molecule has 0 bridgehead atoms. The average molecular weight is 313 g/mol. The SMILES string of the molecule is CC(C)c1ccccc1OCCNCc1ccc(C(=O)O)cc1. The zero-order valence-electron chi connectivity index (χ0n) is 13.6. The van der Waals surface area contributed by atoms with E-state index in [1.165, 1.54) is 5.56 Å². The van der Waals surface area contributed by atoms with Crippen LogP contribution in [0.3, 0.4) is 0 Å². The lowest BCUT2D eigenvalue weighted by atomic mass is 10.0. The van der Waals surface area contributed by atoms with Gasteiger partial charge in [-0.05, 0) is 35.2 Å². The first kappa shape index (κ1) is 17.0. The first-order chi connectivity index (χ1) is 11.1. The van der Waals surface area contributed by atoms with Gasteiger partial charge in [0, 0.05) is 13.1 Å². The number of hydrogen-bond donors (Lipinski definition) is 2. The van der Waals surface area contributed by atoms with Crippen LogP contribution in [0.2, 0.25) is 0 Å². The van der Waals surface area contributed by atoms with Crippen LogP contribution in [0.1, 0.15) is 41.3 Å². The Hall–Kier alpha value is -2.33. The molecule has 2 rings (SSSR count). The molecule has 0 heterocycles. The highest BCUT2D eigenvalue weighted by Crippen LogP contribution is 2.25. The largest absolute Gasteiger partial charge is 0.492 e. The van der Waals surface area contributed by atoms with Gasteiger partial charge >= 0.3 is 5.97 Å². The molecule has 0 saturated heterocycles. The van der Waals surface area contributed by atoms with E-state index in [-0.39, 0.29) is 0 Å². The molecule has 0 spiro atoms. The Morgan fingerprint density at radius 3 is 2.48 bits per heavy atom. The van der Waals surface area contributed by atoms with E-state index >= 15 is 0 Å². The van der Waals surface area contributed by atoms with Gasteiger partial charge in [0.2, 0.25) is 0 Å². The van der Waals surface area contributed by atoms with Crippen molar-refractivity contribution in [3.63, 3.8) is 0 Å². The molecule has 0 aliphatic heterocycles. The Labute approximate surface area is 137 Å². The Balaban J connectivity index is 1.75. The second-order valence-electron chi connectivity index (χ2n) is 5.72. The molecule has 2 aromatic carbocycles. The molecule has 0 atom stereocenters. The summed E-state index contributed by atoms with van der Waals surface area (Å²) in [5, 5.41) is 12.2. The van der Waals surface area contributed by atoms with Crippen LogP contribution in [0.4, 0.5) is 0 Å². The molecule has 0 aliphatic carbocycles. The Morgan fingerprint density at radius 1 is 1.13 bits per heavy atom. The molecule has 0 unspecified atom stereocenters. The molecule has 122 valence electrons. The second-order valence-corrected chi connectivity index (χ2v) is 5.72. The number of rotatable bonds is 8. The van der Waals surface area contributed by atoms with Crippen molar-refractivity contribution in [3.8, 4) is 5.75 Å². The van der Waals surface area contributed by atoms with Crippen molar-refractivity contribution >= 4 is 5.97 Å². The molecule has 0 amide bonds. The van der Waals surface area contributed by atoms with Crippen molar-refractivity contribution in [3.05, 3.63) is 65.2 Å². The molecular formula is C19H23NO3. The number of para-hydroxylation sites is 1. The van der Waals surface area contributed by atoms with Gasteiger partial charge in [-0.15, -0.1) is 0 Å². The fraction of sp³-hybridized carbons (Fsp3) is 0.316. The van der Waals surface area contributed by atoms with Crippen molar-refractivity contribution in [1.29, 1.82) is 0 Å². The first-order valence-corrected chi connectivity index (χ1v) is 7.82. The molecule has 0 aromatic heterocycles. The zero-order chi connectivity index (χ0) is 16.7. The van der Waals surface area contributed by atoms with Crippen LogP contribution in [0.5, 0.6) is 5.75 Å². The van der Waals surface area contributed by atoms with Crippen molar-refractivity contribution < 1.29 is 14.6 Å². The standard InChI is InChI=1S/C19H23NO3/c1-14(2)17-5-3-4-6-18(17)23-12-11-20-13-15-7-9-16(10-8-15)19(21)22/h3-10,14,20H,11-13H2,1-2H3,(H,21,22). The van der Waals surface area contributed by atoms with Gasteiger partial charge in [-0.25, -0.2) is 4.79 Å². The van der Waals surface area contributed by atoms with Crippen LogP contribution in [0, 0.1) is 0 Å². The number of carboxylic acid groups (broad SMARTS) is 1. The number of carboxylic acids is 1. The molecular weight excluding hydrogens is 290 g/mol. The molecule has 0 aliphatic rings. The summed E-state index contributed by atoms with van der Waals surface area (Å²) in [6.07, 6.45) is 0. The number of nitrogens with one attached hydrogen (secondary N) is 1. The van der Waals surface area contributed by atoms with E-state index in [1.54, 1.807) is 12.1 Å². The first-order valence-electron chi connectivity index (χ1n) is 7.82. The lowest BCUT2D eigenvalue weighted by Gasteiger charge is -2.14. The van der Waals surface area contributed by atoms with Gasteiger partial charge in [-0.1, -0.05) is 44.2 Å². The van der Waals surface area contributed by atoms with Crippen LogP contribution in [0.15, 0.2) is 48.5 Å². The third-order valence-electron chi connectivity index (χ3n) is 3.61. The molecule has 0 fully saturated rings. The summed E-state index contributed by atoms with van der Waals surface area (Å²) in [6, 6.07) is 15.0. The van der Waals surface area contributed by atoms with E-state index in [4.69, 9.17) is 9.84 Å². The van der Waals surface area contributed by atoms with E-state index < -0.39 is 5.97 Å². The lowest BCUT2D eigenvalue weighted by molar-refractivity contribution is 0.0697. The summed E-state index contributed by atoms with van der Waals surface area (Å²) < 4.78 is 5.85. The van der Waals surface area contributed by atoms with Gasteiger partial charge in [0.15, 0.2) is 0 Å². The van der Waals surface area contributed by atoms with Crippen LogP contribution in [-0.4, -0.2) is 24.2 Å². The fourth-order valence-corrected chi connectivity index (χ4v) is 2.32. The number of hydrogen-bond acceptors (Lipinski definition) is 3. The van der Waals surface area contributed by atoms with Crippen molar-refractivity contribution in [2.75, 3.05) is 13.2 Å². The van der Waals surface area contributed by atoms with E-state index in [2.05, 4.69) is 25.2 Å². The maximum Gasteiger partial charge on any atom is 0.335 e. The predicted octanol–water partition coefficient (Wildman–Crippen LogP) is 3.68. The quantitative estimate of drug-likeness (QED) is 0.730. The van der Waals surface area contributed by atoms with Crippen molar-refractivity contribution in [1.82, 2.24) is 5.32 Å². The highest BCUT2D eigenvalue weighted by molar-refractivity contribution is 5.87. The highest BCUT2D eigenvalue weighted by Gasteiger charge is 2.06. The van der Waals surface area contributed by atoms with Gasteiger partial charge in [0.1, 0.15) is 12.4 Å². The molecule has 4 nitrogen and oxygen atoms in total. The van der Waals surface area contributed by atoms with Crippen LogP contribution in [0.25, 0.3) is 0 Å². The minimum atomic E-state index is -0.901. The number of carbonyl (C=O) groups is 1. The van der Waals surface area contributed by atoms with Gasteiger partial charge in [0.25, 0.3) is 0 Å². The summed E-state index contributed by atoms with van der Waals surface area (Å²) in [4.78, 5) is 10.8. The Morgan fingerprint density at radius 2 is 1.83 bits per heavy atom. The molecule has 2 aromatic rings. The monoisotopic (exact) mass is 313 g/mol. The average Bonchev–Trinajstić information content (AvgIpc) is 2.55. The molecule has 4 heteroatoms. The number of aromatic carboxylic acids is 1. The minimum Gasteiger partial charge on any atom is -0.492 e. The van der Waals surface area contributed by atoms with E-state index in [0.717, 1.165) is 17.9 Å². The Kier molecular flexibility index (Phi) is 6.18. The second kappa shape index (κ2) is 8.34. The summed E-state index contributed by atoms with van der Waals surface area (Å²) in [5.74, 6) is 0.476. The third-order valence-corrected chi connectivity index (χ3v) is 3.61. The Bertz CT molecular complexity index is 635. The van der Waals surface area contributed by atoms with E-state index in [1.807, 2.05) is 30.3 Å². The number of benzene rings is 2. The lowest BCUT2D eigenvalue weighted by Crippen LogP contribution is -2.21. The zero-order valence-corrected chi connectivity index (χ0v) is 13.6. The summed E-state index contributed by atoms with van der Waals surface area (Å²) >= 11 is 0. The predicted molar refractivity (Wildman–Crippen MR) is 91.1 cm³/mol. The normalized spacial score (nSPS) is 10.7. The third kappa shape index (κ3) is 5.11. The summed E-state index contributed by atoms with van der Waals surface area (Å²) in [7, 11) is 0. The fourth-order valence-electron chi connectivity index (χ4n) is 2.32. The maximum absolute atomic E-state index is 10.8. The van der Waals surface area contributed by atoms with Crippen molar-refractivity contribution in [2.24, 2.45) is 0 Å². The molecule has 2 N–H and O–H groups in total. The highest BCUT2D eigenvalue weighted by atomic mass is 16.5.